The highest BCUT2D eigenvalue weighted by Gasteiger charge is 2.27. The van der Waals surface area contributed by atoms with E-state index < -0.39 is 5.97 Å². The summed E-state index contributed by atoms with van der Waals surface area (Å²) in [7, 11) is 0. The summed E-state index contributed by atoms with van der Waals surface area (Å²) in [6.45, 7) is 0.403. The lowest BCUT2D eigenvalue weighted by molar-refractivity contribution is -0.143. The van der Waals surface area contributed by atoms with Gasteiger partial charge in [0, 0.05) is 6.04 Å². The molecule has 114 valence electrons. The van der Waals surface area contributed by atoms with Gasteiger partial charge in [0.15, 0.2) is 0 Å². The van der Waals surface area contributed by atoms with Crippen LogP contribution in [0.25, 0.3) is 0 Å². The summed E-state index contributed by atoms with van der Waals surface area (Å²) in [5.41, 5.74) is 1.02. The van der Waals surface area contributed by atoms with Gasteiger partial charge in [-0.05, 0) is 24.8 Å². The van der Waals surface area contributed by atoms with E-state index in [4.69, 9.17) is 9.84 Å². The third-order valence-corrected chi connectivity index (χ3v) is 3.73. The topological polar surface area (TPSA) is 75.6 Å². The summed E-state index contributed by atoms with van der Waals surface area (Å²) >= 11 is 0. The quantitative estimate of drug-likeness (QED) is 0.840. The first-order valence-electron chi connectivity index (χ1n) is 7.29. The second-order valence-electron chi connectivity index (χ2n) is 5.44. The van der Waals surface area contributed by atoms with Crippen LogP contribution in [0.2, 0.25) is 0 Å². The molecule has 0 aliphatic heterocycles. The Morgan fingerprint density at radius 1 is 1.24 bits per heavy atom. The van der Waals surface area contributed by atoms with Crippen molar-refractivity contribution >= 4 is 11.9 Å². The van der Waals surface area contributed by atoms with Crippen molar-refractivity contribution in [1.82, 2.24) is 5.32 Å². The second-order valence-corrected chi connectivity index (χ2v) is 5.44. The Kier molecular flexibility index (Phi) is 5.75. The van der Waals surface area contributed by atoms with Crippen molar-refractivity contribution in [2.45, 2.75) is 38.3 Å². The molecule has 0 saturated heterocycles. The number of rotatable bonds is 6. The molecule has 1 aliphatic rings. The van der Waals surface area contributed by atoms with Gasteiger partial charge in [-0.3, -0.25) is 9.59 Å². The average Bonchev–Trinajstić information content (AvgIpc) is 2.48. The molecule has 0 radical (unpaired) electrons. The van der Waals surface area contributed by atoms with E-state index in [1.54, 1.807) is 0 Å². The van der Waals surface area contributed by atoms with E-state index in [0.29, 0.717) is 19.4 Å². The van der Waals surface area contributed by atoms with Crippen LogP contribution in [0, 0.1) is 5.92 Å². The lowest BCUT2D eigenvalue weighted by Gasteiger charge is -2.27. The minimum atomic E-state index is -0.769. The van der Waals surface area contributed by atoms with Crippen molar-refractivity contribution < 1.29 is 19.4 Å². The van der Waals surface area contributed by atoms with Crippen molar-refractivity contribution in [2.24, 2.45) is 5.92 Å². The maximum Gasteiger partial charge on any atom is 0.306 e. The molecule has 0 bridgehead atoms. The second kappa shape index (κ2) is 7.78. The molecule has 1 aromatic carbocycles. The summed E-state index contributed by atoms with van der Waals surface area (Å²) in [4.78, 5) is 22.8. The van der Waals surface area contributed by atoms with Crippen LogP contribution in [0.15, 0.2) is 30.3 Å². The summed E-state index contributed by atoms with van der Waals surface area (Å²) in [5, 5.41) is 11.9. The van der Waals surface area contributed by atoms with Crippen LogP contribution < -0.4 is 5.32 Å². The Hall–Kier alpha value is -1.88. The molecule has 5 nitrogen and oxygen atoms in total. The maximum atomic E-state index is 11.8. The summed E-state index contributed by atoms with van der Waals surface area (Å²) in [6.07, 6.45) is 2.90. The molecule has 1 amide bonds. The van der Waals surface area contributed by atoms with Gasteiger partial charge in [-0.2, -0.15) is 0 Å². The first kappa shape index (κ1) is 15.5. The minimum absolute atomic E-state index is 0.00311. The predicted octanol–water partition coefficient (Wildman–Crippen LogP) is 1.96. The molecule has 0 spiro atoms. The highest BCUT2D eigenvalue weighted by molar-refractivity contribution is 5.77. The highest BCUT2D eigenvalue weighted by Crippen LogP contribution is 2.24. The molecule has 1 aromatic rings. The van der Waals surface area contributed by atoms with E-state index >= 15 is 0 Å². The molecule has 1 aliphatic carbocycles. The number of nitrogens with one attached hydrogen (secondary N) is 1. The Balaban J connectivity index is 1.68. The molecule has 21 heavy (non-hydrogen) atoms. The Morgan fingerprint density at radius 2 is 2.00 bits per heavy atom. The molecule has 2 N–H and O–H groups in total. The van der Waals surface area contributed by atoms with E-state index in [0.717, 1.165) is 18.4 Å². The number of carbonyl (C=O) groups excluding carboxylic acids is 1. The van der Waals surface area contributed by atoms with Crippen molar-refractivity contribution in [2.75, 3.05) is 6.61 Å². The van der Waals surface area contributed by atoms with Gasteiger partial charge in [0.2, 0.25) is 5.91 Å². The number of hydrogen-bond donors (Lipinski definition) is 2. The third-order valence-electron chi connectivity index (χ3n) is 3.73. The van der Waals surface area contributed by atoms with Gasteiger partial charge in [-0.1, -0.05) is 36.8 Å². The van der Waals surface area contributed by atoms with Crippen LogP contribution in [-0.4, -0.2) is 29.6 Å². The number of carboxylic acid groups (broad SMARTS) is 1. The number of carboxylic acids is 1. The van der Waals surface area contributed by atoms with Crippen LogP contribution in [0.4, 0.5) is 0 Å². The molecule has 2 unspecified atom stereocenters. The summed E-state index contributed by atoms with van der Waals surface area (Å²) in [6, 6.07) is 9.61. The van der Waals surface area contributed by atoms with E-state index in [1.807, 2.05) is 30.3 Å². The van der Waals surface area contributed by atoms with Crippen molar-refractivity contribution in [1.29, 1.82) is 0 Å². The maximum absolute atomic E-state index is 11.8. The first-order chi connectivity index (χ1) is 10.1. The molecule has 2 atom stereocenters. The standard InChI is InChI=1S/C16H21NO4/c18-15(11-21-10-12-5-2-1-3-6-12)17-14-8-4-7-13(9-14)16(19)20/h1-3,5-6,13-14H,4,7-11H2,(H,17,18)(H,19,20). The smallest absolute Gasteiger partial charge is 0.306 e. The molecule has 1 saturated carbocycles. The van der Waals surface area contributed by atoms with Gasteiger partial charge in [0.25, 0.3) is 0 Å². The van der Waals surface area contributed by atoms with E-state index in [9.17, 15) is 9.59 Å². The fourth-order valence-corrected chi connectivity index (χ4v) is 2.65. The molecular weight excluding hydrogens is 270 g/mol. The number of ether oxygens (including phenoxy) is 1. The zero-order valence-corrected chi connectivity index (χ0v) is 12.0. The third kappa shape index (κ3) is 5.19. The van der Waals surface area contributed by atoms with Gasteiger partial charge < -0.3 is 15.2 Å². The Bertz CT molecular complexity index is 474. The summed E-state index contributed by atoms with van der Waals surface area (Å²) < 4.78 is 5.37. The average molecular weight is 291 g/mol. The van der Waals surface area contributed by atoms with E-state index in [1.165, 1.54) is 0 Å². The van der Waals surface area contributed by atoms with Crippen LogP contribution in [0.1, 0.15) is 31.2 Å². The van der Waals surface area contributed by atoms with E-state index in [2.05, 4.69) is 5.32 Å². The monoisotopic (exact) mass is 291 g/mol. The normalized spacial score (nSPS) is 21.7. The van der Waals surface area contributed by atoms with Crippen LogP contribution in [0.3, 0.4) is 0 Å². The SMILES string of the molecule is O=C(COCc1ccccc1)NC1CCCC(C(=O)O)C1. The predicted molar refractivity (Wildman–Crippen MR) is 77.6 cm³/mol. The zero-order valence-electron chi connectivity index (χ0n) is 12.0. The Labute approximate surface area is 124 Å². The van der Waals surface area contributed by atoms with Crippen LogP contribution in [-0.2, 0) is 20.9 Å². The van der Waals surface area contributed by atoms with Crippen molar-refractivity contribution in [3.8, 4) is 0 Å². The molecule has 2 rings (SSSR count). The van der Waals surface area contributed by atoms with Crippen LogP contribution >= 0.6 is 0 Å². The minimum Gasteiger partial charge on any atom is -0.481 e. The van der Waals surface area contributed by atoms with Crippen LogP contribution in [0.5, 0.6) is 0 Å². The van der Waals surface area contributed by atoms with Crippen molar-refractivity contribution in [3.05, 3.63) is 35.9 Å². The first-order valence-corrected chi connectivity index (χ1v) is 7.29. The van der Waals surface area contributed by atoms with Crippen molar-refractivity contribution in [3.63, 3.8) is 0 Å². The molecule has 0 aromatic heterocycles. The Morgan fingerprint density at radius 3 is 2.71 bits per heavy atom. The fourth-order valence-electron chi connectivity index (χ4n) is 2.65. The van der Waals surface area contributed by atoms with Gasteiger partial charge >= 0.3 is 5.97 Å². The number of aliphatic carboxylic acids is 1. The highest BCUT2D eigenvalue weighted by atomic mass is 16.5. The van der Waals surface area contributed by atoms with Gasteiger partial charge in [-0.25, -0.2) is 0 Å². The number of benzene rings is 1. The molecule has 5 heteroatoms. The summed E-state index contributed by atoms with van der Waals surface area (Å²) in [5.74, 6) is -1.29. The number of carbonyl (C=O) groups is 2. The largest absolute Gasteiger partial charge is 0.481 e. The number of amides is 1. The number of hydrogen-bond acceptors (Lipinski definition) is 3. The molecule has 0 heterocycles. The van der Waals surface area contributed by atoms with Gasteiger partial charge in [0.05, 0.1) is 12.5 Å². The van der Waals surface area contributed by atoms with E-state index in [-0.39, 0.29) is 24.5 Å². The fraction of sp³-hybridized carbons (Fsp3) is 0.500. The lowest BCUT2D eigenvalue weighted by Crippen LogP contribution is -2.41. The van der Waals surface area contributed by atoms with Gasteiger partial charge in [0.1, 0.15) is 6.61 Å². The molecular formula is C16H21NO4. The zero-order chi connectivity index (χ0) is 15.1. The van der Waals surface area contributed by atoms with Gasteiger partial charge in [-0.15, -0.1) is 0 Å². The molecule has 1 fully saturated rings. The lowest BCUT2D eigenvalue weighted by atomic mass is 9.86.